The quantitative estimate of drug-likeness (QED) is 0.322. The van der Waals surface area contributed by atoms with Crippen molar-refractivity contribution in [1.82, 2.24) is 10.2 Å². The molecule has 1 saturated heterocycles. The third-order valence-corrected chi connectivity index (χ3v) is 6.66. The summed E-state index contributed by atoms with van der Waals surface area (Å²) in [6.07, 6.45) is 0. The molecule has 0 bridgehead atoms. The molecular weight excluding hydrogens is 526 g/mol. The number of hydrogen-bond acceptors (Lipinski definition) is 6. The number of carbonyl (C=O) groups is 2. The zero-order valence-corrected chi connectivity index (χ0v) is 22.3. The number of rotatable bonds is 9. The van der Waals surface area contributed by atoms with Crippen molar-refractivity contribution >= 4 is 36.1 Å². The van der Waals surface area contributed by atoms with Crippen LogP contribution in [0.15, 0.2) is 66.7 Å². The lowest BCUT2D eigenvalue weighted by atomic mass is 10.1. The number of hydrogen-bond donors (Lipinski definition) is 3. The summed E-state index contributed by atoms with van der Waals surface area (Å²) in [5, 5.41) is 5.51. The monoisotopic (exact) mass is 556 g/mol. The minimum absolute atomic E-state index is 0.106. The molecule has 3 aromatic rings. The van der Waals surface area contributed by atoms with E-state index in [2.05, 4.69) is 28.3 Å². The molecule has 11 heteroatoms. The fourth-order valence-corrected chi connectivity index (χ4v) is 4.19. The second kappa shape index (κ2) is 13.4. The number of nitrogens with one attached hydrogen (secondary N) is 2. The second-order valence-corrected chi connectivity index (χ2v) is 9.35. The van der Waals surface area contributed by atoms with E-state index in [4.69, 9.17) is 9.47 Å². The SMILES string of the molecule is CC(NC(=O)N(S)c1ccc(NC(=O)c2ccccc2F)c(OCCN2CCOCC2)c1)c1ccc(F)cc1. The first-order chi connectivity index (χ1) is 18.8. The van der Waals surface area contributed by atoms with Crippen molar-refractivity contribution in [3.05, 3.63) is 89.5 Å². The minimum atomic E-state index is -0.644. The minimum Gasteiger partial charge on any atom is -0.490 e. The highest BCUT2D eigenvalue weighted by molar-refractivity contribution is 7.82. The van der Waals surface area contributed by atoms with Gasteiger partial charge < -0.3 is 20.1 Å². The van der Waals surface area contributed by atoms with Gasteiger partial charge in [0.2, 0.25) is 0 Å². The predicted octanol–water partition coefficient (Wildman–Crippen LogP) is 5.05. The van der Waals surface area contributed by atoms with Crippen molar-refractivity contribution in [2.75, 3.05) is 49.1 Å². The van der Waals surface area contributed by atoms with Gasteiger partial charge in [0, 0.05) is 25.7 Å². The number of amides is 3. The Labute approximate surface area is 231 Å². The molecule has 1 aliphatic heterocycles. The highest BCUT2D eigenvalue weighted by Crippen LogP contribution is 2.32. The molecule has 2 N–H and O–H groups in total. The number of thiol groups is 1. The highest BCUT2D eigenvalue weighted by Gasteiger charge is 2.20. The molecule has 8 nitrogen and oxygen atoms in total. The highest BCUT2D eigenvalue weighted by atomic mass is 32.1. The van der Waals surface area contributed by atoms with Crippen molar-refractivity contribution in [1.29, 1.82) is 0 Å². The Bertz CT molecular complexity index is 1290. The van der Waals surface area contributed by atoms with Crippen LogP contribution in [0.4, 0.5) is 25.0 Å². The molecule has 0 aliphatic carbocycles. The smallest absolute Gasteiger partial charge is 0.332 e. The van der Waals surface area contributed by atoms with E-state index in [1.165, 1.54) is 30.3 Å². The topological polar surface area (TPSA) is 83.1 Å². The van der Waals surface area contributed by atoms with Gasteiger partial charge in [0.25, 0.3) is 5.91 Å². The Hall–Kier alpha value is -3.67. The van der Waals surface area contributed by atoms with Crippen molar-refractivity contribution in [2.24, 2.45) is 0 Å². The average molecular weight is 557 g/mol. The molecule has 39 heavy (non-hydrogen) atoms. The third kappa shape index (κ3) is 7.69. The Morgan fingerprint density at radius 1 is 1.08 bits per heavy atom. The molecular formula is C28H30F2N4O4S. The first kappa shape index (κ1) is 28.3. The molecule has 1 unspecified atom stereocenters. The van der Waals surface area contributed by atoms with Crippen LogP contribution in [0.1, 0.15) is 28.9 Å². The summed E-state index contributed by atoms with van der Waals surface area (Å²) >= 11 is 4.36. The Morgan fingerprint density at radius 2 is 1.79 bits per heavy atom. The van der Waals surface area contributed by atoms with E-state index in [1.807, 2.05) is 0 Å². The van der Waals surface area contributed by atoms with E-state index in [-0.39, 0.29) is 11.4 Å². The van der Waals surface area contributed by atoms with Gasteiger partial charge in [-0.1, -0.05) is 37.1 Å². The van der Waals surface area contributed by atoms with Crippen LogP contribution in [0.25, 0.3) is 0 Å². The molecule has 0 spiro atoms. The second-order valence-electron chi connectivity index (χ2n) is 8.95. The van der Waals surface area contributed by atoms with E-state index in [0.29, 0.717) is 43.5 Å². The molecule has 1 atom stereocenters. The lowest BCUT2D eigenvalue weighted by Gasteiger charge is -2.26. The van der Waals surface area contributed by atoms with Crippen molar-refractivity contribution < 1.29 is 27.8 Å². The summed E-state index contributed by atoms with van der Waals surface area (Å²) in [6, 6.07) is 15.3. The fourth-order valence-electron chi connectivity index (χ4n) is 4.01. The van der Waals surface area contributed by atoms with E-state index in [0.717, 1.165) is 23.0 Å². The molecule has 3 amide bonds. The maximum atomic E-state index is 14.2. The molecule has 1 heterocycles. The van der Waals surface area contributed by atoms with Crippen LogP contribution >= 0.6 is 12.8 Å². The Morgan fingerprint density at radius 3 is 2.51 bits per heavy atom. The number of benzene rings is 3. The molecule has 4 rings (SSSR count). The molecule has 0 aromatic heterocycles. The fraction of sp³-hybridized carbons (Fsp3) is 0.286. The largest absolute Gasteiger partial charge is 0.490 e. The molecule has 1 aliphatic rings. The number of carbonyl (C=O) groups excluding carboxylic acids is 2. The Kier molecular flexibility index (Phi) is 9.74. The summed E-state index contributed by atoms with van der Waals surface area (Å²) in [5.74, 6) is -1.34. The number of morpholine rings is 1. The van der Waals surface area contributed by atoms with Gasteiger partial charge in [-0.3, -0.25) is 9.69 Å². The van der Waals surface area contributed by atoms with Gasteiger partial charge in [0.05, 0.1) is 36.2 Å². The summed E-state index contributed by atoms with van der Waals surface area (Å²) in [6.45, 7) is 5.60. The number of urea groups is 1. The van der Waals surface area contributed by atoms with Crippen molar-refractivity contribution in [3.8, 4) is 5.75 Å². The molecule has 0 saturated carbocycles. The van der Waals surface area contributed by atoms with Gasteiger partial charge >= 0.3 is 6.03 Å². The summed E-state index contributed by atoms with van der Waals surface area (Å²) in [5.41, 5.74) is 1.32. The normalized spacial score (nSPS) is 14.4. The zero-order valence-electron chi connectivity index (χ0n) is 21.4. The first-order valence-electron chi connectivity index (χ1n) is 12.5. The number of halogens is 2. The van der Waals surface area contributed by atoms with Crippen LogP contribution in [0.2, 0.25) is 0 Å². The van der Waals surface area contributed by atoms with Gasteiger partial charge in [-0.05, 0) is 48.9 Å². The van der Waals surface area contributed by atoms with Crippen LogP contribution in [-0.4, -0.2) is 56.3 Å². The molecule has 1 fully saturated rings. The van der Waals surface area contributed by atoms with E-state index in [1.54, 1.807) is 43.3 Å². The van der Waals surface area contributed by atoms with Gasteiger partial charge in [0.1, 0.15) is 24.0 Å². The average Bonchev–Trinajstić information content (AvgIpc) is 2.94. The summed E-state index contributed by atoms with van der Waals surface area (Å²) in [4.78, 5) is 27.9. The number of ether oxygens (including phenoxy) is 2. The van der Waals surface area contributed by atoms with Gasteiger partial charge in [-0.15, -0.1) is 0 Å². The molecule has 0 radical (unpaired) electrons. The van der Waals surface area contributed by atoms with Gasteiger partial charge in [-0.25, -0.2) is 17.9 Å². The van der Waals surface area contributed by atoms with E-state index >= 15 is 0 Å². The van der Waals surface area contributed by atoms with Crippen LogP contribution in [0.5, 0.6) is 5.75 Å². The maximum absolute atomic E-state index is 14.2. The van der Waals surface area contributed by atoms with Crippen LogP contribution in [0.3, 0.4) is 0 Å². The van der Waals surface area contributed by atoms with E-state index in [9.17, 15) is 18.4 Å². The molecule has 3 aromatic carbocycles. The first-order valence-corrected chi connectivity index (χ1v) is 12.9. The van der Waals surface area contributed by atoms with Crippen LogP contribution < -0.4 is 19.7 Å². The number of anilines is 2. The van der Waals surface area contributed by atoms with Gasteiger partial charge in [0.15, 0.2) is 0 Å². The van der Waals surface area contributed by atoms with Crippen LogP contribution in [-0.2, 0) is 4.74 Å². The summed E-state index contributed by atoms with van der Waals surface area (Å²) in [7, 11) is 0. The maximum Gasteiger partial charge on any atom is 0.332 e. The summed E-state index contributed by atoms with van der Waals surface area (Å²) < 4.78 is 39.9. The molecule has 206 valence electrons. The predicted molar refractivity (Wildman–Crippen MR) is 148 cm³/mol. The Balaban J connectivity index is 1.49. The number of nitrogens with zero attached hydrogens (tertiary/aromatic N) is 2. The van der Waals surface area contributed by atoms with Crippen molar-refractivity contribution in [3.63, 3.8) is 0 Å². The van der Waals surface area contributed by atoms with Crippen molar-refractivity contribution in [2.45, 2.75) is 13.0 Å². The third-order valence-electron chi connectivity index (χ3n) is 6.25. The standard InChI is InChI=1S/C28H30F2N4O4S/c1-19(20-6-8-21(29)9-7-20)31-28(36)34(39)22-10-11-25(32-27(35)23-4-2-3-5-24(23)30)26(18-22)38-17-14-33-12-15-37-16-13-33/h2-11,18-19,39H,12-17H2,1H3,(H,31,36)(H,32,35). The lowest BCUT2D eigenvalue weighted by molar-refractivity contribution is 0.0323. The van der Waals surface area contributed by atoms with Crippen LogP contribution in [0, 0.1) is 11.6 Å². The zero-order chi connectivity index (χ0) is 27.8. The van der Waals surface area contributed by atoms with Gasteiger partial charge in [-0.2, -0.15) is 0 Å². The van der Waals surface area contributed by atoms with E-state index < -0.39 is 23.8 Å². The lowest BCUT2D eigenvalue weighted by Crippen LogP contribution is -2.38.